The summed E-state index contributed by atoms with van der Waals surface area (Å²) >= 11 is 0. The van der Waals surface area contributed by atoms with E-state index in [2.05, 4.69) is 44.6 Å². The highest BCUT2D eigenvalue weighted by atomic mass is 16.1. The second-order valence-electron chi connectivity index (χ2n) is 6.32. The van der Waals surface area contributed by atoms with E-state index in [0.717, 1.165) is 26.1 Å². The number of benzene rings is 1. The van der Waals surface area contributed by atoms with Crippen molar-refractivity contribution >= 4 is 5.91 Å². The van der Waals surface area contributed by atoms with E-state index in [0.29, 0.717) is 19.0 Å². The number of aromatic nitrogens is 3. The van der Waals surface area contributed by atoms with Gasteiger partial charge < -0.3 is 5.32 Å². The number of rotatable bonds is 7. The predicted octanol–water partition coefficient (Wildman–Crippen LogP) is 1.84. The first-order chi connectivity index (χ1) is 11.8. The van der Waals surface area contributed by atoms with Gasteiger partial charge in [-0.2, -0.15) is 5.10 Å². The normalized spacial score (nSPS) is 18.4. The highest BCUT2D eigenvalue weighted by Gasteiger charge is 2.22. The number of amides is 1. The average Bonchev–Trinajstić information content (AvgIpc) is 3.14. The third-order valence-electron chi connectivity index (χ3n) is 4.55. The van der Waals surface area contributed by atoms with Crippen LogP contribution in [0.5, 0.6) is 0 Å². The zero-order chi connectivity index (χ0) is 16.6. The Kier molecular flexibility index (Phi) is 5.96. The molecule has 1 saturated heterocycles. The summed E-state index contributed by atoms with van der Waals surface area (Å²) in [7, 11) is 0. The summed E-state index contributed by atoms with van der Waals surface area (Å²) in [4.78, 5) is 18.4. The summed E-state index contributed by atoms with van der Waals surface area (Å²) in [5, 5.41) is 7.10. The van der Waals surface area contributed by atoms with Crippen LogP contribution in [0.15, 0.2) is 43.0 Å². The highest BCUT2D eigenvalue weighted by molar-refractivity contribution is 5.75. The molecule has 1 aromatic heterocycles. The van der Waals surface area contributed by atoms with Gasteiger partial charge in [-0.15, -0.1) is 0 Å². The SMILES string of the molecule is O=C(CCn1cncn1)NC[C@H]1CCCCN1Cc1ccccc1. The fraction of sp³-hybridized carbons (Fsp3) is 0.500. The Balaban J connectivity index is 1.46. The average molecular weight is 327 g/mol. The van der Waals surface area contributed by atoms with Crippen LogP contribution in [0.2, 0.25) is 0 Å². The van der Waals surface area contributed by atoms with Crippen LogP contribution in [-0.2, 0) is 17.9 Å². The molecule has 0 saturated carbocycles. The minimum atomic E-state index is 0.0794. The minimum absolute atomic E-state index is 0.0794. The summed E-state index contributed by atoms with van der Waals surface area (Å²) in [5.74, 6) is 0.0794. The number of nitrogens with zero attached hydrogens (tertiary/aromatic N) is 4. The molecular formula is C18H25N5O. The van der Waals surface area contributed by atoms with E-state index in [1.54, 1.807) is 11.0 Å². The minimum Gasteiger partial charge on any atom is -0.354 e. The van der Waals surface area contributed by atoms with Crippen LogP contribution in [0.3, 0.4) is 0 Å². The molecule has 128 valence electrons. The highest BCUT2D eigenvalue weighted by Crippen LogP contribution is 2.19. The number of hydrogen-bond acceptors (Lipinski definition) is 4. The lowest BCUT2D eigenvalue weighted by Crippen LogP contribution is -2.46. The van der Waals surface area contributed by atoms with Gasteiger partial charge in [0.1, 0.15) is 12.7 Å². The van der Waals surface area contributed by atoms with Crippen LogP contribution >= 0.6 is 0 Å². The molecule has 24 heavy (non-hydrogen) atoms. The van der Waals surface area contributed by atoms with Crippen molar-refractivity contribution in [2.24, 2.45) is 0 Å². The van der Waals surface area contributed by atoms with Crippen LogP contribution in [0.4, 0.5) is 0 Å². The first-order valence-electron chi connectivity index (χ1n) is 8.68. The molecule has 0 spiro atoms. The topological polar surface area (TPSA) is 63.1 Å². The molecule has 0 unspecified atom stereocenters. The lowest BCUT2D eigenvalue weighted by molar-refractivity contribution is -0.121. The Morgan fingerprint density at radius 1 is 1.25 bits per heavy atom. The number of carbonyl (C=O) groups is 1. The fourth-order valence-electron chi connectivity index (χ4n) is 3.20. The van der Waals surface area contributed by atoms with Gasteiger partial charge in [-0.05, 0) is 24.9 Å². The van der Waals surface area contributed by atoms with E-state index < -0.39 is 0 Å². The van der Waals surface area contributed by atoms with Crippen molar-refractivity contribution in [3.63, 3.8) is 0 Å². The van der Waals surface area contributed by atoms with E-state index in [1.165, 1.54) is 24.7 Å². The van der Waals surface area contributed by atoms with Crippen molar-refractivity contribution in [1.29, 1.82) is 0 Å². The summed E-state index contributed by atoms with van der Waals surface area (Å²) in [6.07, 6.45) is 7.19. The summed E-state index contributed by atoms with van der Waals surface area (Å²) in [6, 6.07) is 11.0. The molecule has 1 atom stereocenters. The number of hydrogen-bond donors (Lipinski definition) is 1. The summed E-state index contributed by atoms with van der Waals surface area (Å²) in [6.45, 7) is 3.36. The zero-order valence-electron chi connectivity index (χ0n) is 14.0. The van der Waals surface area contributed by atoms with Crippen LogP contribution in [0.1, 0.15) is 31.2 Å². The fourth-order valence-corrected chi connectivity index (χ4v) is 3.20. The van der Waals surface area contributed by atoms with Crippen LogP contribution in [0, 0.1) is 0 Å². The molecule has 1 amide bonds. The second kappa shape index (κ2) is 8.59. The Morgan fingerprint density at radius 3 is 2.92 bits per heavy atom. The van der Waals surface area contributed by atoms with Gasteiger partial charge in [-0.3, -0.25) is 14.4 Å². The van der Waals surface area contributed by atoms with Crippen molar-refractivity contribution in [2.75, 3.05) is 13.1 Å². The molecule has 6 heteroatoms. The number of likely N-dealkylation sites (tertiary alicyclic amines) is 1. The summed E-state index contributed by atoms with van der Waals surface area (Å²) in [5.41, 5.74) is 1.34. The molecule has 1 aliphatic heterocycles. The number of nitrogens with one attached hydrogen (secondary N) is 1. The monoisotopic (exact) mass is 327 g/mol. The van der Waals surface area contributed by atoms with Gasteiger partial charge in [-0.1, -0.05) is 36.8 Å². The van der Waals surface area contributed by atoms with Crippen LogP contribution in [0.25, 0.3) is 0 Å². The molecule has 1 fully saturated rings. The maximum absolute atomic E-state index is 12.1. The standard InChI is InChI=1S/C18H25N5O/c24-18(9-11-23-15-19-14-21-23)20-12-17-8-4-5-10-22(17)13-16-6-2-1-3-7-16/h1-3,6-7,14-15,17H,4-5,8-13H2,(H,20,24)/t17-/m1/s1. The quantitative estimate of drug-likeness (QED) is 0.843. The number of piperidine rings is 1. The van der Waals surface area contributed by atoms with Gasteiger partial charge in [0.15, 0.2) is 0 Å². The van der Waals surface area contributed by atoms with Crippen molar-refractivity contribution in [2.45, 2.75) is 44.8 Å². The third kappa shape index (κ3) is 4.89. The van der Waals surface area contributed by atoms with Gasteiger partial charge in [0.05, 0.1) is 6.54 Å². The van der Waals surface area contributed by atoms with Gasteiger partial charge in [-0.25, -0.2) is 4.98 Å². The lowest BCUT2D eigenvalue weighted by Gasteiger charge is -2.36. The van der Waals surface area contributed by atoms with E-state index in [-0.39, 0.29) is 5.91 Å². The molecule has 1 aliphatic rings. The molecule has 6 nitrogen and oxygen atoms in total. The number of aryl methyl sites for hydroxylation is 1. The summed E-state index contributed by atoms with van der Waals surface area (Å²) < 4.78 is 1.68. The molecule has 1 N–H and O–H groups in total. The van der Waals surface area contributed by atoms with Crippen molar-refractivity contribution in [3.8, 4) is 0 Å². The van der Waals surface area contributed by atoms with Crippen molar-refractivity contribution in [3.05, 3.63) is 48.5 Å². The maximum Gasteiger partial charge on any atom is 0.221 e. The second-order valence-corrected chi connectivity index (χ2v) is 6.32. The Morgan fingerprint density at radius 2 is 2.12 bits per heavy atom. The Bertz CT molecular complexity index is 614. The molecule has 0 aliphatic carbocycles. The Labute approximate surface area is 142 Å². The molecule has 0 radical (unpaired) electrons. The smallest absolute Gasteiger partial charge is 0.221 e. The third-order valence-corrected chi connectivity index (χ3v) is 4.55. The van der Waals surface area contributed by atoms with Crippen molar-refractivity contribution < 1.29 is 4.79 Å². The van der Waals surface area contributed by atoms with Crippen LogP contribution in [-0.4, -0.2) is 44.7 Å². The first kappa shape index (κ1) is 16.6. The molecule has 1 aromatic carbocycles. The predicted molar refractivity (Wildman–Crippen MR) is 92.1 cm³/mol. The molecule has 0 bridgehead atoms. The lowest BCUT2D eigenvalue weighted by atomic mass is 10.0. The molecular weight excluding hydrogens is 302 g/mol. The Hall–Kier alpha value is -2.21. The van der Waals surface area contributed by atoms with Gasteiger partial charge in [0.25, 0.3) is 0 Å². The molecule has 3 rings (SSSR count). The number of carbonyl (C=O) groups excluding carboxylic acids is 1. The van der Waals surface area contributed by atoms with Gasteiger partial charge >= 0.3 is 0 Å². The van der Waals surface area contributed by atoms with E-state index in [4.69, 9.17) is 0 Å². The van der Waals surface area contributed by atoms with Crippen molar-refractivity contribution in [1.82, 2.24) is 25.0 Å². The van der Waals surface area contributed by atoms with E-state index in [1.807, 2.05) is 6.07 Å². The van der Waals surface area contributed by atoms with Crippen LogP contribution < -0.4 is 5.32 Å². The first-order valence-corrected chi connectivity index (χ1v) is 8.68. The van der Waals surface area contributed by atoms with E-state index in [9.17, 15) is 4.79 Å². The van der Waals surface area contributed by atoms with Gasteiger partial charge in [0, 0.05) is 25.6 Å². The maximum atomic E-state index is 12.1. The largest absolute Gasteiger partial charge is 0.354 e. The van der Waals surface area contributed by atoms with E-state index >= 15 is 0 Å². The zero-order valence-corrected chi connectivity index (χ0v) is 14.0. The molecule has 2 aromatic rings. The van der Waals surface area contributed by atoms with Gasteiger partial charge in [0.2, 0.25) is 5.91 Å². The molecule has 2 heterocycles.